The number of carboxylic acids is 1. The van der Waals surface area contributed by atoms with Crippen LogP contribution in [0.2, 0.25) is 0 Å². The second kappa shape index (κ2) is 8.05. The lowest BCUT2D eigenvalue weighted by Gasteiger charge is -2.27. The van der Waals surface area contributed by atoms with Gasteiger partial charge in [0.15, 0.2) is 0 Å². The van der Waals surface area contributed by atoms with Crippen molar-refractivity contribution in [2.24, 2.45) is 10.7 Å². The molecule has 2 aliphatic rings. The summed E-state index contributed by atoms with van der Waals surface area (Å²) in [4.78, 5) is 16.7. The molecule has 6 heteroatoms. The third kappa shape index (κ3) is 5.01. The van der Waals surface area contributed by atoms with Crippen LogP contribution in [0.15, 0.2) is 4.99 Å². The molecule has 18 heavy (non-hydrogen) atoms. The summed E-state index contributed by atoms with van der Waals surface area (Å²) in [5.74, 6) is 0.219. The van der Waals surface area contributed by atoms with Crippen molar-refractivity contribution >= 4 is 11.8 Å². The number of carbonyl (C=O) groups is 1. The van der Waals surface area contributed by atoms with Gasteiger partial charge in [0.1, 0.15) is 6.04 Å². The van der Waals surface area contributed by atoms with E-state index in [9.17, 15) is 4.79 Å². The van der Waals surface area contributed by atoms with E-state index in [1.54, 1.807) is 0 Å². The Balaban J connectivity index is 0.000000203. The Morgan fingerprint density at radius 1 is 1.33 bits per heavy atom. The van der Waals surface area contributed by atoms with Gasteiger partial charge in [-0.15, -0.1) is 0 Å². The SMILES string of the molecule is C1CCC2=NCCCN2CC1.N[C@@H](CO)C(=O)O. The number of aliphatic imine (C=N–C) groups is 1. The molecule has 1 saturated heterocycles. The first-order valence-electron chi connectivity index (χ1n) is 6.52. The lowest BCUT2D eigenvalue weighted by Crippen LogP contribution is -2.34. The van der Waals surface area contributed by atoms with Crippen LogP contribution in [0.3, 0.4) is 0 Å². The smallest absolute Gasteiger partial charge is 0.322 e. The van der Waals surface area contributed by atoms with E-state index in [1.165, 1.54) is 51.0 Å². The quantitative estimate of drug-likeness (QED) is 0.649. The van der Waals surface area contributed by atoms with Crippen molar-refractivity contribution in [3.63, 3.8) is 0 Å². The van der Waals surface area contributed by atoms with Crippen LogP contribution in [-0.2, 0) is 4.79 Å². The number of nitrogens with zero attached hydrogens (tertiary/aromatic N) is 2. The highest BCUT2D eigenvalue weighted by molar-refractivity contribution is 5.83. The van der Waals surface area contributed by atoms with E-state index in [-0.39, 0.29) is 0 Å². The molecule has 0 aromatic rings. The zero-order valence-electron chi connectivity index (χ0n) is 10.7. The third-order valence-corrected chi connectivity index (χ3v) is 3.09. The number of amidine groups is 1. The molecule has 0 aromatic carbocycles. The normalized spacial score (nSPS) is 20.8. The number of aliphatic carboxylic acids is 1. The Labute approximate surface area is 107 Å². The Kier molecular flexibility index (Phi) is 6.67. The average Bonchev–Trinajstić information content (AvgIpc) is 2.63. The van der Waals surface area contributed by atoms with Gasteiger partial charge in [-0.2, -0.15) is 0 Å². The predicted molar refractivity (Wildman–Crippen MR) is 69.7 cm³/mol. The van der Waals surface area contributed by atoms with Crippen LogP contribution in [0.1, 0.15) is 32.1 Å². The Hall–Kier alpha value is -1.14. The molecule has 0 amide bonds. The number of hydrogen-bond donors (Lipinski definition) is 3. The van der Waals surface area contributed by atoms with Crippen LogP contribution in [0, 0.1) is 0 Å². The Morgan fingerprint density at radius 3 is 2.67 bits per heavy atom. The van der Waals surface area contributed by atoms with Crippen molar-refractivity contribution in [1.29, 1.82) is 0 Å². The van der Waals surface area contributed by atoms with Gasteiger partial charge in [0.2, 0.25) is 0 Å². The molecular formula is C12H23N3O3. The number of aliphatic hydroxyl groups is 1. The van der Waals surface area contributed by atoms with Crippen LogP contribution in [0.25, 0.3) is 0 Å². The number of aliphatic hydroxyl groups excluding tert-OH is 1. The second-order valence-electron chi connectivity index (χ2n) is 4.58. The fraction of sp³-hybridized carbons (Fsp3) is 0.833. The third-order valence-electron chi connectivity index (χ3n) is 3.09. The summed E-state index contributed by atoms with van der Waals surface area (Å²) in [6.45, 7) is 3.10. The van der Waals surface area contributed by atoms with E-state index in [2.05, 4.69) is 9.89 Å². The zero-order chi connectivity index (χ0) is 13.4. The molecule has 2 rings (SSSR count). The molecule has 1 atom stereocenters. The first-order chi connectivity index (χ1) is 8.65. The number of hydrogen-bond acceptors (Lipinski definition) is 5. The summed E-state index contributed by atoms with van der Waals surface area (Å²) in [7, 11) is 0. The molecule has 0 saturated carbocycles. The summed E-state index contributed by atoms with van der Waals surface area (Å²) in [6, 6.07) is -1.13. The Morgan fingerprint density at radius 2 is 2.06 bits per heavy atom. The van der Waals surface area contributed by atoms with Crippen molar-refractivity contribution in [3.05, 3.63) is 0 Å². The van der Waals surface area contributed by atoms with Crippen LogP contribution in [-0.4, -0.2) is 59.2 Å². The number of fused-ring (bicyclic) bond motifs is 1. The minimum atomic E-state index is -1.18. The van der Waals surface area contributed by atoms with Gasteiger partial charge in [0, 0.05) is 26.1 Å². The van der Waals surface area contributed by atoms with Crippen molar-refractivity contribution < 1.29 is 15.0 Å². The maximum Gasteiger partial charge on any atom is 0.322 e. The van der Waals surface area contributed by atoms with Gasteiger partial charge in [0.05, 0.1) is 12.4 Å². The van der Waals surface area contributed by atoms with Crippen molar-refractivity contribution in [2.75, 3.05) is 26.2 Å². The van der Waals surface area contributed by atoms with Crippen molar-refractivity contribution in [3.8, 4) is 0 Å². The summed E-state index contributed by atoms with van der Waals surface area (Å²) < 4.78 is 0. The number of rotatable bonds is 2. The highest BCUT2D eigenvalue weighted by Crippen LogP contribution is 2.15. The monoisotopic (exact) mass is 257 g/mol. The molecule has 0 aromatic heterocycles. The molecule has 2 aliphatic heterocycles. The van der Waals surface area contributed by atoms with Crippen LogP contribution in [0.5, 0.6) is 0 Å². The van der Waals surface area contributed by atoms with Crippen LogP contribution in [0.4, 0.5) is 0 Å². The molecule has 0 aliphatic carbocycles. The van der Waals surface area contributed by atoms with Crippen LogP contribution >= 0.6 is 0 Å². The van der Waals surface area contributed by atoms with E-state index < -0.39 is 18.6 Å². The highest BCUT2D eigenvalue weighted by atomic mass is 16.4. The highest BCUT2D eigenvalue weighted by Gasteiger charge is 2.16. The van der Waals surface area contributed by atoms with Crippen molar-refractivity contribution in [1.82, 2.24) is 4.90 Å². The Bertz CT molecular complexity index is 294. The first kappa shape index (κ1) is 14.9. The molecule has 4 N–H and O–H groups in total. The second-order valence-corrected chi connectivity index (χ2v) is 4.58. The summed E-state index contributed by atoms with van der Waals surface area (Å²) in [5, 5.41) is 15.9. The lowest BCUT2D eigenvalue weighted by atomic mass is 10.2. The maximum absolute atomic E-state index is 9.65. The fourth-order valence-electron chi connectivity index (χ4n) is 2.02. The zero-order valence-corrected chi connectivity index (χ0v) is 10.7. The van der Waals surface area contributed by atoms with E-state index in [1.807, 2.05) is 0 Å². The molecular weight excluding hydrogens is 234 g/mol. The van der Waals surface area contributed by atoms with Gasteiger partial charge in [-0.05, 0) is 19.3 Å². The fourth-order valence-corrected chi connectivity index (χ4v) is 2.02. The van der Waals surface area contributed by atoms with Gasteiger partial charge >= 0.3 is 5.97 Å². The van der Waals surface area contributed by atoms with Crippen LogP contribution < -0.4 is 5.73 Å². The minimum absolute atomic E-state index is 0.505. The molecule has 6 nitrogen and oxygen atoms in total. The van der Waals surface area contributed by atoms with E-state index in [4.69, 9.17) is 15.9 Å². The molecule has 104 valence electrons. The van der Waals surface area contributed by atoms with E-state index in [0.717, 1.165) is 6.54 Å². The molecule has 2 heterocycles. The summed E-state index contributed by atoms with van der Waals surface area (Å²) in [6.07, 6.45) is 6.63. The van der Waals surface area contributed by atoms with Gasteiger partial charge in [-0.1, -0.05) is 6.42 Å². The molecule has 0 spiro atoms. The largest absolute Gasteiger partial charge is 0.480 e. The molecule has 1 fully saturated rings. The number of carboxylic acid groups (broad SMARTS) is 1. The maximum atomic E-state index is 9.65. The summed E-state index contributed by atoms with van der Waals surface area (Å²) >= 11 is 0. The average molecular weight is 257 g/mol. The predicted octanol–water partition coefficient (Wildman–Crippen LogP) is 0.0552. The number of nitrogens with two attached hydrogens (primary N) is 1. The molecule has 0 bridgehead atoms. The first-order valence-corrected chi connectivity index (χ1v) is 6.52. The lowest BCUT2D eigenvalue weighted by molar-refractivity contribution is -0.139. The van der Waals surface area contributed by atoms with Gasteiger partial charge in [-0.3, -0.25) is 9.79 Å². The van der Waals surface area contributed by atoms with Crippen molar-refractivity contribution in [2.45, 2.75) is 38.1 Å². The molecule has 0 unspecified atom stereocenters. The van der Waals surface area contributed by atoms with Gasteiger partial charge < -0.3 is 20.8 Å². The van der Waals surface area contributed by atoms with E-state index in [0.29, 0.717) is 0 Å². The molecule has 0 radical (unpaired) electrons. The summed E-state index contributed by atoms with van der Waals surface area (Å²) in [5.41, 5.74) is 4.77. The standard InChI is InChI=1S/C9H16N2.C3H7NO3/c1-2-5-9-10-6-4-8-11(9)7-3-1;4-2(1-5)3(6)7/h1-8H2;2,5H,1,4H2,(H,6,7)/t;2-/m.0/s1. The topological polar surface area (TPSA) is 99.1 Å². The van der Waals surface area contributed by atoms with Gasteiger partial charge in [-0.25, -0.2) is 0 Å². The van der Waals surface area contributed by atoms with E-state index >= 15 is 0 Å². The van der Waals surface area contributed by atoms with Gasteiger partial charge in [0.25, 0.3) is 0 Å². The minimum Gasteiger partial charge on any atom is -0.480 e.